The summed E-state index contributed by atoms with van der Waals surface area (Å²) in [5.41, 5.74) is -0.479. The van der Waals surface area contributed by atoms with Crippen molar-refractivity contribution in [1.29, 1.82) is 0 Å². The molecule has 0 spiro atoms. The maximum Gasteiger partial charge on any atom is 0.311 e. The zero-order valence-electron chi connectivity index (χ0n) is 9.57. The van der Waals surface area contributed by atoms with Crippen LogP contribution in [0.3, 0.4) is 0 Å². The Bertz CT molecular complexity index is 211. The fourth-order valence-electron chi connectivity index (χ4n) is 0.702. The Hall–Kier alpha value is -0.830. The highest BCUT2D eigenvalue weighted by Crippen LogP contribution is 2.16. The summed E-state index contributed by atoms with van der Waals surface area (Å²) in [6.07, 6.45) is 2.47. The lowest BCUT2D eigenvalue weighted by Crippen LogP contribution is -2.26. The van der Waals surface area contributed by atoms with Gasteiger partial charge in [-0.2, -0.15) is 0 Å². The molecule has 0 saturated heterocycles. The summed E-state index contributed by atoms with van der Waals surface area (Å²) in [6.45, 7) is 8.83. The van der Waals surface area contributed by atoms with Crippen LogP contribution in [0, 0.1) is 5.41 Å². The lowest BCUT2D eigenvalue weighted by molar-refractivity contribution is -0.155. The number of hydrogen-bond donors (Lipinski definition) is 1. The van der Waals surface area contributed by atoms with Gasteiger partial charge < -0.3 is 9.84 Å². The Morgan fingerprint density at radius 2 is 1.79 bits per heavy atom. The first-order chi connectivity index (χ1) is 6.23. The van der Waals surface area contributed by atoms with Gasteiger partial charge in [0.1, 0.15) is 6.10 Å². The SMILES string of the molecule is C[C@@H](O)C=C[C@H](C)OC(=O)C(C)(C)C. The van der Waals surface area contributed by atoms with Gasteiger partial charge in [-0.1, -0.05) is 6.08 Å². The fourth-order valence-corrected chi connectivity index (χ4v) is 0.702. The maximum absolute atomic E-state index is 11.4. The molecular weight excluding hydrogens is 180 g/mol. The Kier molecular flexibility index (Phi) is 4.85. The van der Waals surface area contributed by atoms with Gasteiger partial charge in [0.2, 0.25) is 0 Å². The van der Waals surface area contributed by atoms with Crippen LogP contribution in [0.1, 0.15) is 34.6 Å². The minimum absolute atomic E-state index is 0.236. The van der Waals surface area contributed by atoms with E-state index in [4.69, 9.17) is 9.84 Å². The molecule has 2 atom stereocenters. The first kappa shape index (κ1) is 13.2. The quantitative estimate of drug-likeness (QED) is 0.559. The second kappa shape index (κ2) is 5.15. The first-order valence-electron chi connectivity index (χ1n) is 4.81. The number of carbonyl (C=O) groups excluding carboxylic acids is 1. The molecule has 82 valence electrons. The second-order valence-electron chi connectivity index (χ2n) is 4.49. The Balaban J connectivity index is 4.08. The Labute approximate surface area is 85.8 Å². The molecule has 0 rings (SSSR count). The molecular formula is C11H20O3. The zero-order chi connectivity index (χ0) is 11.4. The van der Waals surface area contributed by atoms with Crippen molar-refractivity contribution < 1.29 is 14.6 Å². The van der Waals surface area contributed by atoms with Crippen LogP contribution in [0.4, 0.5) is 0 Å². The number of ether oxygens (including phenoxy) is 1. The van der Waals surface area contributed by atoms with Crippen LogP contribution in [-0.2, 0) is 9.53 Å². The first-order valence-corrected chi connectivity index (χ1v) is 4.81. The van der Waals surface area contributed by atoms with Gasteiger partial charge in [0.05, 0.1) is 11.5 Å². The molecule has 0 aliphatic carbocycles. The third kappa shape index (κ3) is 5.75. The van der Waals surface area contributed by atoms with Gasteiger partial charge in [-0.15, -0.1) is 0 Å². The van der Waals surface area contributed by atoms with Crippen LogP contribution in [-0.4, -0.2) is 23.3 Å². The molecule has 0 amide bonds. The van der Waals surface area contributed by atoms with E-state index >= 15 is 0 Å². The van der Waals surface area contributed by atoms with Gasteiger partial charge in [0, 0.05) is 0 Å². The zero-order valence-corrected chi connectivity index (χ0v) is 9.57. The van der Waals surface area contributed by atoms with Crippen molar-refractivity contribution in [3.8, 4) is 0 Å². The molecule has 3 heteroatoms. The van der Waals surface area contributed by atoms with Gasteiger partial charge in [0.15, 0.2) is 0 Å². The molecule has 0 saturated carbocycles. The predicted octanol–water partition coefficient (Wildman–Crippen LogP) is 1.90. The van der Waals surface area contributed by atoms with Crippen LogP contribution in [0.25, 0.3) is 0 Å². The standard InChI is InChI=1S/C11H20O3/c1-8(12)6-7-9(2)14-10(13)11(3,4)5/h6-9,12H,1-5H3/t8-,9+/m1/s1. The minimum Gasteiger partial charge on any atom is -0.458 e. The smallest absolute Gasteiger partial charge is 0.311 e. The average molecular weight is 200 g/mol. The molecule has 14 heavy (non-hydrogen) atoms. The van der Waals surface area contributed by atoms with Crippen molar-refractivity contribution >= 4 is 5.97 Å². The number of carbonyl (C=O) groups is 1. The molecule has 0 unspecified atom stereocenters. The van der Waals surface area contributed by atoms with Gasteiger partial charge in [-0.05, 0) is 40.7 Å². The molecule has 0 aromatic carbocycles. The molecule has 0 radical (unpaired) electrons. The highest BCUT2D eigenvalue weighted by molar-refractivity contribution is 5.75. The van der Waals surface area contributed by atoms with Crippen molar-refractivity contribution in [2.24, 2.45) is 5.41 Å². The molecule has 0 heterocycles. The topological polar surface area (TPSA) is 46.5 Å². The highest BCUT2D eigenvalue weighted by atomic mass is 16.5. The van der Waals surface area contributed by atoms with Crippen LogP contribution in [0.5, 0.6) is 0 Å². The van der Waals surface area contributed by atoms with Crippen molar-refractivity contribution in [2.45, 2.75) is 46.8 Å². The van der Waals surface area contributed by atoms with Gasteiger partial charge in [-0.3, -0.25) is 4.79 Å². The van der Waals surface area contributed by atoms with E-state index in [1.165, 1.54) is 0 Å². The van der Waals surface area contributed by atoms with E-state index in [2.05, 4.69) is 0 Å². The summed E-state index contributed by atoms with van der Waals surface area (Å²) in [5.74, 6) is -0.236. The molecule has 0 bridgehead atoms. The molecule has 0 aromatic rings. The van der Waals surface area contributed by atoms with E-state index in [0.29, 0.717) is 0 Å². The number of esters is 1. The number of aliphatic hydroxyl groups is 1. The van der Waals surface area contributed by atoms with Crippen molar-refractivity contribution in [3.63, 3.8) is 0 Å². The van der Waals surface area contributed by atoms with E-state index in [1.807, 2.05) is 0 Å². The highest BCUT2D eigenvalue weighted by Gasteiger charge is 2.24. The normalized spacial score (nSPS) is 16.7. The summed E-state index contributed by atoms with van der Waals surface area (Å²) in [7, 11) is 0. The average Bonchev–Trinajstić information content (AvgIpc) is 1.99. The maximum atomic E-state index is 11.4. The molecule has 1 N–H and O–H groups in total. The monoisotopic (exact) mass is 200 g/mol. The summed E-state index contributed by atoms with van der Waals surface area (Å²) < 4.78 is 5.13. The van der Waals surface area contributed by atoms with Crippen LogP contribution in [0.15, 0.2) is 12.2 Å². The van der Waals surface area contributed by atoms with E-state index in [9.17, 15) is 4.79 Å². The van der Waals surface area contributed by atoms with Gasteiger partial charge >= 0.3 is 5.97 Å². The number of aliphatic hydroxyl groups excluding tert-OH is 1. The van der Waals surface area contributed by atoms with Crippen LogP contribution >= 0.6 is 0 Å². The molecule has 0 fully saturated rings. The summed E-state index contributed by atoms with van der Waals surface area (Å²) in [5, 5.41) is 8.97. The lowest BCUT2D eigenvalue weighted by Gasteiger charge is -2.19. The van der Waals surface area contributed by atoms with E-state index in [1.54, 1.807) is 46.8 Å². The third-order valence-electron chi connectivity index (χ3n) is 1.57. The predicted molar refractivity (Wildman–Crippen MR) is 55.8 cm³/mol. The molecule has 0 aliphatic rings. The Morgan fingerprint density at radius 3 is 2.14 bits per heavy atom. The van der Waals surface area contributed by atoms with Gasteiger partial charge in [0.25, 0.3) is 0 Å². The largest absolute Gasteiger partial charge is 0.458 e. The fraction of sp³-hybridized carbons (Fsp3) is 0.727. The van der Waals surface area contributed by atoms with E-state index < -0.39 is 11.5 Å². The van der Waals surface area contributed by atoms with E-state index in [-0.39, 0.29) is 12.1 Å². The van der Waals surface area contributed by atoms with Gasteiger partial charge in [-0.25, -0.2) is 0 Å². The van der Waals surface area contributed by atoms with Crippen LogP contribution < -0.4 is 0 Å². The van der Waals surface area contributed by atoms with Crippen LogP contribution in [0.2, 0.25) is 0 Å². The second-order valence-corrected chi connectivity index (χ2v) is 4.49. The summed E-state index contributed by atoms with van der Waals surface area (Å²) in [6, 6.07) is 0. The van der Waals surface area contributed by atoms with Crippen molar-refractivity contribution in [2.75, 3.05) is 0 Å². The molecule has 0 aromatic heterocycles. The lowest BCUT2D eigenvalue weighted by atomic mass is 9.97. The van der Waals surface area contributed by atoms with Crippen molar-refractivity contribution in [3.05, 3.63) is 12.2 Å². The number of rotatable bonds is 3. The molecule has 3 nitrogen and oxygen atoms in total. The number of hydrogen-bond acceptors (Lipinski definition) is 3. The van der Waals surface area contributed by atoms with Crippen molar-refractivity contribution in [1.82, 2.24) is 0 Å². The minimum atomic E-state index is -0.509. The molecule has 0 aliphatic heterocycles. The Morgan fingerprint density at radius 1 is 1.29 bits per heavy atom. The summed E-state index contributed by atoms with van der Waals surface area (Å²) >= 11 is 0. The third-order valence-corrected chi connectivity index (χ3v) is 1.57. The van der Waals surface area contributed by atoms with E-state index in [0.717, 1.165) is 0 Å². The summed E-state index contributed by atoms with van der Waals surface area (Å²) in [4.78, 5) is 11.4.